The molecule has 3 atom stereocenters. The molecule has 2 fully saturated rings. The quantitative estimate of drug-likeness (QED) is 0.734. The number of nitrogens with zero attached hydrogens (tertiary/aromatic N) is 2. The molecule has 1 N–H and O–H groups in total. The molecule has 2 amide bonds. The first-order chi connectivity index (χ1) is 9.24. The zero-order valence-electron chi connectivity index (χ0n) is 11.9. The lowest BCUT2D eigenvalue weighted by atomic mass is 10.1. The molecule has 112 valence electrons. The van der Waals surface area contributed by atoms with Crippen LogP contribution in [0.5, 0.6) is 0 Å². The molecule has 0 unspecified atom stereocenters. The number of carbonyl (C=O) groups is 3. The third-order valence-corrected chi connectivity index (χ3v) is 3.70. The Morgan fingerprint density at radius 3 is 2.45 bits per heavy atom. The lowest BCUT2D eigenvalue weighted by Gasteiger charge is -2.43. The maximum atomic E-state index is 12.2. The fourth-order valence-electron chi connectivity index (χ4n) is 2.96. The molecular formula is C13H20N2O5. The van der Waals surface area contributed by atoms with Crippen molar-refractivity contribution >= 4 is 18.5 Å². The number of piperazine rings is 1. The Kier molecular flexibility index (Phi) is 3.62. The van der Waals surface area contributed by atoms with E-state index in [2.05, 4.69) is 0 Å². The summed E-state index contributed by atoms with van der Waals surface area (Å²) >= 11 is 0. The van der Waals surface area contributed by atoms with Crippen LogP contribution in [0, 0.1) is 0 Å². The minimum Gasteiger partial charge on any atom is -0.465 e. The van der Waals surface area contributed by atoms with Crippen molar-refractivity contribution in [3.05, 3.63) is 0 Å². The van der Waals surface area contributed by atoms with E-state index in [9.17, 15) is 19.5 Å². The average molecular weight is 284 g/mol. The predicted octanol–water partition coefficient (Wildman–Crippen LogP) is 1.32. The van der Waals surface area contributed by atoms with E-state index in [1.165, 1.54) is 9.80 Å². The molecule has 0 saturated carbocycles. The van der Waals surface area contributed by atoms with Gasteiger partial charge in [-0.3, -0.25) is 9.80 Å². The zero-order chi connectivity index (χ0) is 15.1. The van der Waals surface area contributed by atoms with Gasteiger partial charge < -0.3 is 14.6 Å². The summed E-state index contributed by atoms with van der Waals surface area (Å²) in [5.41, 5.74) is -0.645. The van der Waals surface area contributed by atoms with Crippen LogP contribution < -0.4 is 0 Å². The molecule has 0 aromatic carbocycles. The van der Waals surface area contributed by atoms with E-state index >= 15 is 0 Å². The number of carbonyl (C=O) groups excluding carboxylic acids is 2. The second-order valence-electron chi connectivity index (χ2n) is 6.25. The molecule has 2 rings (SSSR count). The number of fused-ring (bicyclic) bond motifs is 2. The normalized spacial score (nSPS) is 29.2. The number of rotatable bonds is 1. The van der Waals surface area contributed by atoms with Gasteiger partial charge in [-0.2, -0.15) is 0 Å². The first kappa shape index (κ1) is 14.6. The van der Waals surface area contributed by atoms with Crippen LogP contribution >= 0.6 is 0 Å². The highest BCUT2D eigenvalue weighted by molar-refractivity contribution is 5.77. The minimum atomic E-state index is -1.03. The van der Waals surface area contributed by atoms with Crippen molar-refractivity contribution < 1.29 is 24.2 Å². The van der Waals surface area contributed by atoms with Gasteiger partial charge in [-0.15, -0.1) is 0 Å². The molecule has 0 radical (unpaired) electrons. The van der Waals surface area contributed by atoms with E-state index < -0.39 is 29.9 Å². The van der Waals surface area contributed by atoms with Crippen LogP contribution in [-0.4, -0.2) is 63.7 Å². The van der Waals surface area contributed by atoms with Crippen LogP contribution in [-0.2, 0) is 9.53 Å². The Hall–Kier alpha value is -1.79. The Balaban J connectivity index is 2.19. The van der Waals surface area contributed by atoms with Crippen molar-refractivity contribution in [1.82, 2.24) is 9.80 Å². The fourth-order valence-corrected chi connectivity index (χ4v) is 2.96. The number of amides is 2. The van der Waals surface area contributed by atoms with Gasteiger partial charge in [-0.1, -0.05) is 0 Å². The molecule has 2 saturated heterocycles. The number of likely N-dealkylation sites (tertiary alicyclic amines) is 1. The van der Waals surface area contributed by atoms with E-state index in [0.717, 1.165) is 0 Å². The van der Waals surface area contributed by atoms with Crippen LogP contribution in [0.25, 0.3) is 0 Å². The Labute approximate surface area is 117 Å². The van der Waals surface area contributed by atoms with Crippen LogP contribution in [0.4, 0.5) is 9.59 Å². The molecular weight excluding hydrogens is 264 g/mol. The number of hydrogen-bond donors (Lipinski definition) is 1. The second kappa shape index (κ2) is 4.96. The summed E-state index contributed by atoms with van der Waals surface area (Å²) in [6.07, 6.45) is 0.316. The van der Waals surface area contributed by atoms with Gasteiger partial charge in [0.2, 0.25) is 0 Å². The van der Waals surface area contributed by atoms with Crippen LogP contribution in [0.3, 0.4) is 0 Å². The minimum absolute atomic E-state index is 0.209. The zero-order valence-corrected chi connectivity index (χ0v) is 11.9. The molecule has 0 aromatic rings. The predicted molar refractivity (Wildman–Crippen MR) is 69.5 cm³/mol. The van der Waals surface area contributed by atoms with Crippen molar-refractivity contribution in [2.24, 2.45) is 0 Å². The molecule has 2 heterocycles. The SMILES string of the molecule is CC(C)(C)OC(=O)N1C[C@H]2CC[C@@H]([C@@H]1C=O)N2C(=O)O. The highest BCUT2D eigenvalue weighted by Gasteiger charge is 2.50. The Morgan fingerprint density at radius 1 is 1.30 bits per heavy atom. The van der Waals surface area contributed by atoms with Gasteiger partial charge >= 0.3 is 12.2 Å². The highest BCUT2D eigenvalue weighted by Crippen LogP contribution is 2.34. The average Bonchev–Trinajstić information content (AvgIpc) is 2.62. The lowest BCUT2D eigenvalue weighted by molar-refractivity contribution is -0.116. The summed E-state index contributed by atoms with van der Waals surface area (Å²) in [5, 5.41) is 9.22. The smallest absolute Gasteiger partial charge is 0.411 e. The van der Waals surface area contributed by atoms with Crippen molar-refractivity contribution in [3.63, 3.8) is 0 Å². The van der Waals surface area contributed by atoms with Gasteiger partial charge in [0.05, 0.1) is 12.1 Å². The number of carboxylic acid groups (broad SMARTS) is 1. The van der Waals surface area contributed by atoms with E-state index in [1.54, 1.807) is 20.8 Å². The summed E-state index contributed by atoms with van der Waals surface area (Å²) in [7, 11) is 0. The van der Waals surface area contributed by atoms with Gasteiger partial charge in [-0.05, 0) is 33.6 Å². The first-order valence-electron chi connectivity index (χ1n) is 6.71. The third kappa shape index (κ3) is 2.57. The number of hydrogen-bond acceptors (Lipinski definition) is 4. The summed E-state index contributed by atoms with van der Waals surface area (Å²) in [6, 6.07) is -1.47. The number of aldehydes is 1. The van der Waals surface area contributed by atoms with Gasteiger partial charge in [0.25, 0.3) is 0 Å². The van der Waals surface area contributed by atoms with E-state index in [4.69, 9.17) is 4.74 Å². The second-order valence-corrected chi connectivity index (χ2v) is 6.25. The Morgan fingerprint density at radius 2 is 1.95 bits per heavy atom. The summed E-state index contributed by atoms with van der Waals surface area (Å²) in [6.45, 7) is 5.47. The standard InChI is InChI=1S/C13H20N2O5/c1-13(2,3)20-12(19)14-6-8-4-5-9(10(14)7-16)15(8)11(17)18/h7-10H,4-6H2,1-3H3,(H,17,18)/t8-,9+,10+/m1/s1. The molecule has 2 aliphatic rings. The molecule has 2 aliphatic heterocycles. The Bertz CT molecular complexity index is 431. The van der Waals surface area contributed by atoms with E-state index in [0.29, 0.717) is 19.1 Å². The molecule has 0 aromatic heterocycles. The van der Waals surface area contributed by atoms with E-state index in [1.807, 2.05) is 0 Å². The van der Waals surface area contributed by atoms with Gasteiger partial charge in [0.15, 0.2) is 0 Å². The lowest BCUT2D eigenvalue weighted by Crippen LogP contribution is -2.63. The van der Waals surface area contributed by atoms with E-state index in [-0.39, 0.29) is 12.6 Å². The summed E-state index contributed by atoms with van der Waals surface area (Å²) in [4.78, 5) is 37.4. The molecule has 0 spiro atoms. The van der Waals surface area contributed by atoms with Crippen molar-refractivity contribution in [1.29, 1.82) is 0 Å². The molecule has 2 bridgehead atoms. The maximum Gasteiger partial charge on any atom is 0.411 e. The summed E-state index contributed by atoms with van der Waals surface area (Å²) < 4.78 is 5.29. The summed E-state index contributed by atoms with van der Waals surface area (Å²) in [5.74, 6) is 0. The molecule has 7 heteroatoms. The maximum absolute atomic E-state index is 12.2. The monoisotopic (exact) mass is 284 g/mol. The third-order valence-electron chi connectivity index (χ3n) is 3.70. The molecule has 7 nitrogen and oxygen atoms in total. The van der Waals surface area contributed by atoms with Gasteiger partial charge in [0, 0.05) is 6.54 Å². The van der Waals surface area contributed by atoms with Crippen LogP contribution in [0.15, 0.2) is 0 Å². The van der Waals surface area contributed by atoms with Crippen LogP contribution in [0.2, 0.25) is 0 Å². The number of ether oxygens (including phenoxy) is 1. The first-order valence-corrected chi connectivity index (χ1v) is 6.71. The van der Waals surface area contributed by atoms with Gasteiger partial charge in [-0.25, -0.2) is 9.59 Å². The molecule has 20 heavy (non-hydrogen) atoms. The molecule has 0 aliphatic carbocycles. The van der Waals surface area contributed by atoms with Gasteiger partial charge in [0.1, 0.15) is 17.9 Å². The van der Waals surface area contributed by atoms with Crippen molar-refractivity contribution in [2.75, 3.05) is 6.54 Å². The van der Waals surface area contributed by atoms with Crippen LogP contribution in [0.1, 0.15) is 33.6 Å². The van der Waals surface area contributed by atoms with Crippen molar-refractivity contribution in [2.45, 2.75) is 57.3 Å². The fraction of sp³-hybridized carbons (Fsp3) is 0.769. The van der Waals surface area contributed by atoms with Crippen molar-refractivity contribution in [3.8, 4) is 0 Å². The topological polar surface area (TPSA) is 87.2 Å². The largest absolute Gasteiger partial charge is 0.465 e. The highest BCUT2D eigenvalue weighted by atomic mass is 16.6.